The highest BCUT2D eigenvalue weighted by molar-refractivity contribution is 7.92. The molecule has 33 heavy (non-hydrogen) atoms. The Morgan fingerprint density at radius 1 is 1.06 bits per heavy atom. The van der Waals surface area contributed by atoms with Crippen LogP contribution in [0.15, 0.2) is 29.3 Å². The number of aromatic nitrogens is 4. The minimum absolute atomic E-state index is 0.0126. The second kappa shape index (κ2) is 8.45. The van der Waals surface area contributed by atoms with Gasteiger partial charge in [0.05, 0.1) is 26.0 Å². The molecule has 0 atom stereocenters. The van der Waals surface area contributed by atoms with Crippen LogP contribution in [0.25, 0.3) is 5.65 Å². The number of ether oxygens (including phenoxy) is 3. The summed E-state index contributed by atoms with van der Waals surface area (Å²) in [6.07, 6.45) is -9.01. The van der Waals surface area contributed by atoms with Gasteiger partial charge in [0, 0.05) is 0 Å². The van der Waals surface area contributed by atoms with Gasteiger partial charge in [-0.25, -0.2) is 13.1 Å². The number of alkyl halides is 6. The molecule has 2 aromatic heterocycles. The van der Waals surface area contributed by atoms with E-state index >= 15 is 0 Å². The van der Waals surface area contributed by atoms with E-state index < -0.39 is 51.1 Å². The van der Waals surface area contributed by atoms with Crippen LogP contribution < -0.4 is 18.9 Å². The largest absolute Gasteiger partial charge is 0.491 e. The number of anilines is 1. The van der Waals surface area contributed by atoms with Crippen molar-refractivity contribution in [1.82, 2.24) is 19.6 Å². The Balaban J connectivity index is 2.12. The molecule has 0 saturated carbocycles. The highest BCUT2D eigenvalue weighted by Crippen LogP contribution is 2.40. The van der Waals surface area contributed by atoms with E-state index in [2.05, 4.69) is 19.8 Å². The Bertz CT molecular complexity index is 1230. The van der Waals surface area contributed by atoms with Crippen molar-refractivity contribution in [3.8, 4) is 17.5 Å². The highest BCUT2D eigenvalue weighted by atomic mass is 32.2. The molecule has 10 nitrogen and oxygen atoms in total. The second-order valence-corrected chi connectivity index (χ2v) is 7.74. The van der Waals surface area contributed by atoms with E-state index in [4.69, 9.17) is 9.47 Å². The molecule has 1 aromatic carbocycles. The van der Waals surface area contributed by atoms with Gasteiger partial charge in [-0.3, -0.25) is 0 Å². The second-order valence-electron chi connectivity index (χ2n) is 6.12. The maximum atomic E-state index is 13.5. The summed E-state index contributed by atoms with van der Waals surface area (Å²) in [4.78, 5) is 6.09. The number of fused-ring (bicyclic) bond motifs is 1. The molecule has 0 aliphatic heterocycles. The Kier molecular flexibility index (Phi) is 6.18. The van der Waals surface area contributed by atoms with Crippen molar-refractivity contribution in [2.45, 2.75) is 17.2 Å². The molecule has 0 bridgehead atoms. The lowest BCUT2D eigenvalue weighted by atomic mass is 10.2. The van der Waals surface area contributed by atoms with Gasteiger partial charge in [-0.1, -0.05) is 6.07 Å². The van der Waals surface area contributed by atoms with Crippen LogP contribution in [-0.4, -0.2) is 55.0 Å². The average Bonchev–Trinajstić information content (AvgIpc) is 3.12. The minimum Gasteiger partial charge on any atom is -0.491 e. The molecule has 1 N–H and O–H groups in total. The maximum Gasteiger partial charge on any atom is 0.422 e. The lowest BCUT2D eigenvalue weighted by Crippen LogP contribution is -2.24. The zero-order valence-corrected chi connectivity index (χ0v) is 17.3. The Hall–Kier alpha value is -3.50. The molecule has 0 unspecified atom stereocenters. The minimum atomic E-state index is -5.25. The molecule has 0 aliphatic rings. The van der Waals surface area contributed by atoms with Crippen LogP contribution in [0.2, 0.25) is 0 Å². The summed E-state index contributed by atoms with van der Waals surface area (Å²) < 4.78 is 121. The quantitative estimate of drug-likeness (QED) is 0.492. The van der Waals surface area contributed by atoms with Crippen molar-refractivity contribution in [3.63, 3.8) is 0 Å². The van der Waals surface area contributed by atoms with Crippen LogP contribution in [0, 0.1) is 0 Å². The van der Waals surface area contributed by atoms with Crippen LogP contribution in [0.4, 0.5) is 32.3 Å². The normalized spacial score (nSPS) is 12.6. The van der Waals surface area contributed by atoms with Crippen LogP contribution in [0.3, 0.4) is 0 Å². The van der Waals surface area contributed by atoms with E-state index in [9.17, 15) is 34.8 Å². The molecule has 0 radical (unpaired) electrons. The molecule has 0 fully saturated rings. The summed E-state index contributed by atoms with van der Waals surface area (Å²) in [7, 11) is -2.76. The molecule has 0 spiro atoms. The van der Waals surface area contributed by atoms with Crippen molar-refractivity contribution in [2.75, 3.05) is 25.5 Å². The van der Waals surface area contributed by atoms with Gasteiger partial charge in [-0.15, -0.1) is 5.10 Å². The molecule has 0 saturated heterocycles. The summed E-state index contributed by atoms with van der Waals surface area (Å²) in [5.74, 6) is -1.90. The lowest BCUT2D eigenvalue weighted by molar-refractivity contribution is -0.154. The Morgan fingerprint density at radius 2 is 1.76 bits per heavy atom. The summed E-state index contributed by atoms with van der Waals surface area (Å²) in [6, 6.07) is 1.57. The number of nitrogens with zero attached hydrogens (tertiary/aromatic N) is 4. The Labute approximate surface area is 181 Å². The third kappa shape index (κ3) is 5.12. The average molecular weight is 501 g/mol. The number of benzene rings is 1. The van der Waals surface area contributed by atoms with E-state index in [0.717, 1.165) is 4.52 Å². The Morgan fingerprint density at radius 3 is 2.33 bits per heavy atom. The number of halogens is 6. The zero-order valence-electron chi connectivity index (χ0n) is 16.5. The van der Waals surface area contributed by atoms with Crippen LogP contribution >= 0.6 is 0 Å². The fourth-order valence-corrected chi connectivity index (χ4v) is 3.91. The van der Waals surface area contributed by atoms with E-state index in [1.807, 2.05) is 0 Å². The molecular formula is C16H13F6N5O5S. The van der Waals surface area contributed by atoms with Gasteiger partial charge in [0.15, 0.2) is 12.4 Å². The third-order valence-corrected chi connectivity index (χ3v) is 5.28. The summed E-state index contributed by atoms with van der Waals surface area (Å²) >= 11 is 0. The first-order valence-corrected chi connectivity index (χ1v) is 10.0. The topological polar surface area (TPSA) is 117 Å². The molecule has 3 aromatic rings. The zero-order chi connectivity index (χ0) is 24.6. The SMILES string of the molecule is COc1cnc(OC)n2nc(NS(=O)(=O)c3c(OCC(F)(F)F)cccc3C(F)(F)F)nc12. The molecule has 3 rings (SSSR count). The van der Waals surface area contributed by atoms with Crippen molar-refractivity contribution in [3.05, 3.63) is 30.0 Å². The first-order valence-electron chi connectivity index (χ1n) is 8.53. The van der Waals surface area contributed by atoms with E-state index in [1.54, 1.807) is 4.72 Å². The van der Waals surface area contributed by atoms with Gasteiger partial charge in [0.2, 0.25) is 5.65 Å². The number of rotatable bonds is 7. The molecule has 0 aliphatic carbocycles. The van der Waals surface area contributed by atoms with Crippen LogP contribution in [0.5, 0.6) is 17.5 Å². The third-order valence-electron chi connectivity index (χ3n) is 3.87. The van der Waals surface area contributed by atoms with Crippen LogP contribution in [-0.2, 0) is 16.2 Å². The van der Waals surface area contributed by atoms with E-state index in [-0.39, 0.29) is 17.4 Å². The fourth-order valence-electron chi connectivity index (χ4n) is 2.62. The van der Waals surface area contributed by atoms with Crippen molar-refractivity contribution in [2.24, 2.45) is 0 Å². The predicted molar refractivity (Wildman–Crippen MR) is 97.7 cm³/mol. The van der Waals surface area contributed by atoms with Crippen molar-refractivity contribution >= 4 is 21.6 Å². The van der Waals surface area contributed by atoms with Crippen molar-refractivity contribution in [1.29, 1.82) is 0 Å². The molecule has 17 heteroatoms. The van der Waals surface area contributed by atoms with Gasteiger partial charge in [0.25, 0.3) is 16.0 Å². The molecular weight excluding hydrogens is 488 g/mol. The summed E-state index contributed by atoms with van der Waals surface area (Å²) in [5, 5.41) is 3.76. The first-order chi connectivity index (χ1) is 15.3. The van der Waals surface area contributed by atoms with Gasteiger partial charge in [0.1, 0.15) is 10.6 Å². The standard InChI is InChI=1S/C16H13F6N5O5S/c1-30-10-6-23-14(31-2)27-12(10)24-13(25-27)26-33(28,29)11-8(16(20,21)22)4-3-5-9(11)32-7-15(17,18)19/h3-6H,7H2,1-2H3,(H,25,26). The van der Waals surface area contributed by atoms with Crippen LogP contribution in [0.1, 0.15) is 5.56 Å². The van der Waals surface area contributed by atoms with E-state index in [1.165, 1.54) is 20.4 Å². The molecule has 0 amide bonds. The van der Waals surface area contributed by atoms with Gasteiger partial charge in [-0.05, 0) is 12.1 Å². The number of sulfonamides is 1. The smallest absolute Gasteiger partial charge is 0.422 e. The van der Waals surface area contributed by atoms with Gasteiger partial charge < -0.3 is 14.2 Å². The molecule has 180 valence electrons. The molecule has 2 heterocycles. The number of methoxy groups -OCH3 is 2. The number of nitrogens with one attached hydrogen (secondary N) is 1. The lowest BCUT2D eigenvalue weighted by Gasteiger charge is -2.18. The maximum absolute atomic E-state index is 13.5. The fraction of sp³-hybridized carbons (Fsp3) is 0.312. The predicted octanol–water partition coefficient (Wildman–Crippen LogP) is 2.90. The first kappa shape index (κ1) is 24.1. The van der Waals surface area contributed by atoms with Gasteiger partial charge in [-0.2, -0.15) is 40.8 Å². The summed E-state index contributed by atoms with van der Waals surface area (Å²) in [6.45, 7) is -2.02. The summed E-state index contributed by atoms with van der Waals surface area (Å²) in [5.41, 5.74) is -1.87. The monoisotopic (exact) mass is 501 g/mol. The highest BCUT2D eigenvalue weighted by Gasteiger charge is 2.40. The van der Waals surface area contributed by atoms with E-state index in [0.29, 0.717) is 18.2 Å². The van der Waals surface area contributed by atoms with Gasteiger partial charge >= 0.3 is 18.4 Å². The number of hydrogen-bond acceptors (Lipinski definition) is 8. The van der Waals surface area contributed by atoms with Crippen molar-refractivity contribution < 1.29 is 49.0 Å². The number of hydrogen-bond donors (Lipinski definition) is 1.